The molecule has 0 aliphatic heterocycles. The zero-order valence-corrected chi connectivity index (χ0v) is 9.06. The van der Waals surface area contributed by atoms with Crippen LogP contribution < -0.4 is 5.73 Å². The highest BCUT2D eigenvalue weighted by molar-refractivity contribution is 5.50. The van der Waals surface area contributed by atoms with Crippen LogP contribution >= 0.6 is 0 Å². The van der Waals surface area contributed by atoms with Gasteiger partial charge in [0.15, 0.2) is 5.88 Å². The van der Waals surface area contributed by atoms with Gasteiger partial charge in [0.05, 0.1) is 11.7 Å². The highest BCUT2D eigenvalue weighted by Gasteiger charge is 2.41. The topological polar surface area (TPSA) is 63.5 Å². The Morgan fingerprint density at radius 3 is 2.88 bits per heavy atom. The Balaban J connectivity index is 2.24. The van der Waals surface area contributed by atoms with Crippen LogP contribution in [-0.2, 0) is 5.41 Å². The van der Waals surface area contributed by atoms with Gasteiger partial charge in [-0.1, -0.05) is 12.5 Å². The maximum absolute atomic E-state index is 9.90. The minimum atomic E-state index is -0.0226. The van der Waals surface area contributed by atoms with E-state index >= 15 is 0 Å². The number of hydrogen-bond acceptors (Lipinski definition) is 3. The number of aromatic nitrogens is 2. The standard InChI is InChI=1S/C12H15N3O/c13-8-12(5-2-6-12)11-14-7-9-3-1-4-10(16)15(9)11/h1,3-4,7,16H,2,5-6,8,13H2. The van der Waals surface area contributed by atoms with Gasteiger partial charge in [-0.05, 0) is 25.0 Å². The fourth-order valence-corrected chi connectivity index (χ4v) is 2.53. The van der Waals surface area contributed by atoms with E-state index in [9.17, 15) is 5.11 Å². The molecule has 1 aliphatic rings. The Hall–Kier alpha value is -1.55. The van der Waals surface area contributed by atoms with Crippen LogP contribution in [-0.4, -0.2) is 21.0 Å². The van der Waals surface area contributed by atoms with Crippen molar-refractivity contribution in [1.82, 2.24) is 9.38 Å². The van der Waals surface area contributed by atoms with Crippen LogP contribution in [0.3, 0.4) is 0 Å². The summed E-state index contributed by atoms with van der Waals surface area (Å²) in [5, 5.41) is 9.90. The Kier molecular flexibility index (Phi) is 1.94. The molecular weight excluding hydrogens is 202 g/mol. The second kappa shape index (κ2) is 3.22. The summed E-state index contributed by atoms with van der Waals surface area (Å²) in [6.07, 6.45) is 5.12. The van der Waals surface area contributed by atoms with Gasteiger partial charge >= 0.3 is 0 Å². The quantitative estimate of drug-likeness (QED) is 0.799. The van der Waals surface area contributed by atoms with E-state index in [4.69, 9.17) is 5.73 Å². The highest BCUT2D eigenvalue weighted by Crippen LogP contribution is 2.42. The molecule has 4 nitrogen and oxygen atoms in total. The number of imidazole rings is 1. The van der Waals surface area contributed by atoms with E-state index < -0.39 is 0 Å². The van der Waals surface area contributed by atoms with Crippen molar-refractivity contribution in [2.24, 2.45) is 5.73 Å². The highest BCUT2D eigenvalue weighted by atomic mass is 16.3. The third-order valence-corrected chi connectivity index (χ3v) is 3.71. The number of hydrogen-bond donors (Lipinski definition) is 2. The lowest BCUT2D eigenvalue weighted by Crippen LogP contribution is -2.43. The van der Waals surface area contributed by atoms with Gasteiger partial charge in [0.2, 0.25) is 0 Å². The van der Waals surface area contributed by atoms with Gasteiger partial charge in [0, 0.05) is 12.0 Å². The summed E-state index contributed by atoms with van der Waals surface area (Å²) in [6.45, 7) is 0.598. The van der Waals surface area contributed by atoms with Crippen molar-refractivity contribution in [3.05, 3.63) is 30.2 Å². The van der Waals surface area contributed by atoms with Gasteiger partial charge in [-0.3, -0.25) is 4.40 Å². The molecule has 4 heteroatoms. The maximum atomic E-state index is 9.90. The minimum absolute atomic E-state index is 0.0226. The second-order valence-electron chi connectivity index (χ2n) is 4.56. The molecule has 0 amide bonds. The predicted octanol–water partition coefficient (Wildman–Crippen LogP) is 1.42. The molecule has 84 valence electrons. The molecule has 1 fully saturated rings. The van der Waals surface area contributed by atoms with Crippen molar-refractivity contribution in [3.63, 3.8) is 0 Å². The summed E-state index contributed by atoms with van der Waals surface area (Å²) in [6, 6.07) is 5.45. The zero-order chi connectivity index (χ0) is 11.2. The molecular formula is C12H15N3O. The third kappa shape index (κ3) is 1.10. The van der Waals surface area contributed by atoms with Crippen molar-refractivity contribution in [3.8, 4) is 5.88 Å². The van der Waals surface area contributed by atoms with Gasteiger partial charge in [-0.2, -0.15) is 0 Å². The van der Waals surface area contributed by atoms with Gasteiger partial charge in [0.25, 0.3) is 0 Å². The van der Waals surface area contributed by atoms with E-state index in [0.29, 0.717) is 6.54 Å². The van der Waals surface area contributed by atoms with Gasteiger partial charge in [-0.25, -0.2) is 4.98 Å². The van der Waals surface area contributed by atoms with E-state index in [2.05, 4.69) is 4.98 Å². The van der Waals surface area contributed by atoms with Crippen LogP contribution in [0.5, 0.6) is 5.88 Å². The lowest BCUT2D eigenvalue weighted by Gasteiger charge is -2.39. The molecule has 1 aliphatic carbocycles. The normalized spacial score (nSPS) is 18.6. The SMILES string of the molecule is NCC1(c2ncc3cccc(O)n23)CCC1. The smallest absolute Gasteiger partial charge is 0.197 e. The largest absolute Gasteiger partial charge is 0.494 e. The zero-order valence-electron chi connectivity index (χ0n) is 9.06. The first kappa shape index (κ1) is 9.66. The van der Waals surface area contributed by atoms with Crippen molar-refractivity contribution >= 4 is 5.52 Å². The molecule has 0 saturated heterocycles. The lowest BCUT2D eigenvalue weighted by atomic mass is 9.68. The predicted molar refractivity (Wildman–Crippen MR) is 61.4 cm³/mol. The van der Waals surface area contributed by atoms with Gasteiger partial charge in [0.1, 0.15) is 5.82 Å². The summed E-state index contributed by atoms with van der Waals surface area (Å²) >= 11 is 0. The summed E-state index contributed by atoms with van der Waals surface area (Å²) in [5.74, 6) is 1.15. The summed E-state index contributed by atoms with van der Waals surface area (Å²) in [5.41, 5.74) is 6.77. The van der Waals surface area contributed by atoms with E-state index in [0.717, 1.165) is 24.2 Å². The Morgan fingerprint density at radius 2 is 2.25 bits per heavy atom. The van der Waals surface area contributed by atoms with Gasteiger partial charge in [-0.15, -0.1) is 0 Å². The number of pyridine rings is 1. The van der Waals surface area contributed by atoms with Crippen LogP contribution in [0.25, 0.3) is 5.52 Å². The molecule has 1 saturated carbocycles. The van der Waals surface area contributed by atoms with Crippen molar-refractivity contribution < 1.29 is 5.11 Å². The molecule has 2 aromatic heterocycles. The van der Waals surface area contributed by atoms with E-state index in [-0.39, 0.29) is 11.3 Å². The number of aromatic hydroxyl groups is 1. The first-order valence-electron chi connectivity index (χ1n) is 5.63. The molecule has 0 radical (unpaired) electrons. The fraction of sp³-hybridized carbons (Fsp3) is 0.417. The first-order valence-corrected chi connectivity index (χ1v) is 5.63. The monoisotopic (exact) mass is 217 g/mol. The van der Waals surface area contributed by atoms with Crippen LogP contribution in [0.2, 0.25) is 0 Å². The second-order valence-corrected chi connectivity index (χ2v) is 4.56. The number of fused-ring (bicyclic) bond motifs is 1. The average Bonchev–Trinajstić information content (AvgIpc) is 2.63. The van der Waals surface area contributed by atoms with Crippen LogP contribution in [0.1, 0.15) is 25.1 Å². The summed E-state index contributed by atoms with van der Waals surface area (Å²) in [4.78, 5) is 4.44. The molecule has 2 aromatic rings. The number of nitrogens with zero attached hydrogens (tertiary/aromatic N) is 2. The lowest BCUT2D eigenvalue weighted by molar-refractivity contribution is 0.234. The minimum Gasteiger partial charge on any atom is -0.494 e. The van der Waals surface area contributed by atoms with Crippen molar-refractivity contribution in [2.75, 3.05) is 6.54 Å². The van der Waals surface area contributed by atoms with E-state index in [1.54, 1.807) is 12.3 Å². The van der Waals surface area contributed by atoms with Crippen LogP contribution in [0.15, 0.2) is 24.4 Å². The van der Waals surface area contributed by atoms with Crippen LogP contribution in [0, 0.1) is 0 Å². The molecule has 3 rings (SSSR count). The third-order valence-electron chi connectivity index (χ3n) is 3.71. The van der Waals surface area contributed by atoms with Crippen LogP contribution in [0.4, 0.5) is 0 Å². The molecule has 16 heavy (non-hydrogen) atoms. The fourth-order valence-electron chi connectivity index (χ4n) is 2.53. The van der Waals surface area contributed by atoms with Gasteiger partial charge < -0.3 is 10.8 Å². The number of nitrogens with two attached hydrogens (primary N) is 1. The van der Waals surface area contributed by atoms with Crippen molar-refractivity contribution in [1.29, 1.82) is 0 Å². The summed E-state index contributed by atoms with van der Waals surface area (Å²) in [7, 11) is 0. The maximum Gasteiger partial charge on any atom is 0.197 e. The Labute approximate surface area is 93.7 Å². The molecule has 3 N–H and O–H groups in total. The Bertz CT molecular complexity index is 523. The molecule has 0 aromatic carbocycles. The van der Waals surface area contributed by atoms with E-state index in [1.807, 2.05) is 16.5 Å². The average molecular weight is 217 g/mol. The van der Waals surface area contributed by atoms with E-state index in [1.165, 1.54) is 6.42 Å². The van der Waals surface area contributed by atoms with Crippen molar-refractivity contribution in [2.45, 2.75) is 24.7 Å². The first-order chi connectivity index (χ1) is 7.77. The molecule has 0 bridgehead atoms. The molecule has 0 atom stereocenters. The Morgan fingerprint density at radius 1 is 1.44 bits per heavy atom. The molecule has 0 spiro atoms. The molecule has 0 unspecified atom stereocenters. The molecule has 2 heterocycles. The number of rotatable bonds is 2. The summed E-state index contributed by atoms with van der Waals surface area (Å²) < 4.78 is 1.81.